The van der Waals surface area contributed by atoms with Gasteiger partial charge in [-0.2, -0.15) is 13.2 Å². The van der Waals surface area contributed by atoms with Crippen molar-refractivity contribution in [1.29, 1.82) is 0 Å². The van der Waals surface area contributed by atoms with Crippen molar-refractivity contribution in [2.75, 3.05) is 7.11 Å². The fraction of sp³-hybridized carbons (Fsp3) is 0.406. The van der Waals surface area contributed by atoms with Gasteiger partial charge in [0.2, 0.25) is 0 Å². The molecule has 0 amide bonds. The molecule has 3 aromatic rings. The third-order valence-electron chi connectivity index (χ3n) is 7.80. The number of hydrogen-bond donors (Lipinski definition) is 1. The second-order valence-corrected chi connectivity index (χ2v) is 10.7. The Morgan fingerprint density at radius 3 is 2.15 bits per heavy atom. The maximum Gasteiger partial charge on any atom is 0.416 e. The Kier molecular flexibility index (Phi) is 8.24. The molecular weight excluding hydrogens is 521 g/mol. The summed E-state index contributed by atoms with van der Waals surface area (Å²) in [6.07, 6.45) is 0.935. The van der Waals surface area contributed by atoms with E-state index in [1.165, 1.54) is 12.1 Å². The SMILES string of the molecule is COc1ccc(-c2ccc(C(F)(F)F)cc2)c(O[C@H]2CC[C@H](Oc3cccc(C(CC(=O)O)C4CC4)c3)CC2)c1. The molecular formula is C32H33F3O5. The smallest absolute Gasteiger partial charge is 0.416 e. The zero-order chi connectivity index (χ0) is 28.3. The third-order valence-corrected chi connectivity index (χ3v) is 7.80. The van der Waals surface area contributed by atoms with E-state index < -0.39 is 17.7 Å². The highest BCUT2D eigenvalue weighted by Gasteiger charge is 2.34. The fourth-order valence-electron chi connectivity index (χ4n) is 5.51. The molecule has 212 valence electrons. The Morgan fingerprint density at radius 1 is 0.875 bits per heavy atom. The van der Waals surface area contributed by atoms with Crippen LogP contribution in [0.2, 0.25) is 0 Å². The lowest BCUT2D eigenvalue weighted by atomic mass is 9.91. The van der Waals surface area contributed by atoms with Gasteiger partial charge in [-0.25, -0.2) is 0 Å². The lowest BCUT2D eigenvalue weighted by Crippen LogP contribution is -2.30. The van der Waals surface area contributed by atoms with Crippen molar-refractivity contribution in [3.63, 3.8) is 0 Å². The van der Waals surface area contributed by atoms with Crippen LogP contribution in [-0.4, -0.2) is 30.4 Å². The summed E-state index contributed by atoms with van der Waals surface area (Å²) in [7, 11) is 1.56. The van der Waals surface area contributed by atoms with Crippen molar-refractivity contribution in [3.8, 4) is 28.4 Å². The zero-order valence-electron chi connectivity index (χ0n) is 22.3. The number of carboxylic acids is 1. The Hall–Kier alpha value is -3.68. The van der Waals surface area contributed by atoms with Gasteiger partial charge in [0, 0.05) is 11.6 Å². The lowest BCUT2D eigenvalue weighted by molar-refractivity contribution is -0.138. The second kappa shape index (κ2) is 11.8. The second-order valence-electron chi connectivity index (χ2n) is 10.7. The molecule has 2 saturated carbocycles. The van der Waals surface area contributed by atoms with Gasteiger partial charge in [-0.1, -0.05) is 24.3 Å². The Labute approximate surface area is 231 Å². The molecule has 2 aliphatic rings. The molecule has 0 saturated heterocycles. The molecule has 5 rings (SSSR count). The number of carboxylic acid groups (broad SMARTS) is 1. The normalized spacial score (nSPS) is 20.0. The molecule has 1 atom stereocenters. The molecule has 8 heteroatoms. The van der Waals surface area contributed by atoms with Gasteiger partial charge in [-0.3, -0.25) is 4.79 Å². The topological polar surface area (TPSA) is 65.0 Å². The van der Waals surface area contributed by atoms with E-state index in [-0.39, 0.29) is 24.5 Å². The molecule has 5 nitrogen and oxygen atoms in total. The van der Waals surface area contributed by atoms with E-state index in [1.54, 1.807) is 25.3 Å². The van der Waals surface area contributed by atoms with Gasteiger partial charge >= 0.3 is 12.1 Å². The molecule has 0 heterocycles. The minimum atomic E-state index is -4.39. The minimum absolute atomic E-state index is 0.0203. The van der Waals surface area contributed by atoms with Crippen LogP contribution in [0.4, 0.5) is 13.2 Å². The van der Waals surface area contributed by atoms with E-state index in [0.717, 1.165) is 62.0 Å². The number of rotatable bonds is 10. The van der Waals surface area contributed by atoms with Gasteiger partial charge < -0.3 is 19.3 Å². The monoisotopic (exact) mass is 554 g/mol. The maximum absolute atomic E-state index is 13.0. The van der Waals surface area contributed by atoms with Crippen LogP contribution in [0, 0.1) is 5.92 Å². The van der Waals surface area contributed by atoms with Crippen LogP contribution in [0.1, 0.15) is 62.0 Å². The molecule has 2 aliphatic carbocycles. The van der Waals surface area contributed by atoms with E-state index in [0.29, 0.717) is 28.5 Å². The first kappa shape index (κ1) is 27.9. The van der Waals surface area contributed by atoms with E-state index in [2.05, 4.69) is 0 Å². The Bertz CT molecular complexity index is 1310. The summed E-state index contributed by atoms with van der Waals surface area (Å²) in [5.41, 5.74) is 1.67. The van der Waals surface area contributed by atoms with Crippen LogP contribution in [0.15, 0.2) is 66.7 Å². The van der Waals surface area contributed by atoms with Crippen LogP contribution in [0.3, 0.4) is 0 Å². The summed E-state index contributed by atoms with van der Waals surface area (Å²) in [5.74, 6) is 1.61. The van der Waals surface area contributed by atoms with E-state index in [1.807, 2.05) is 24.3 Å². The quantitative estimate of drug-likeness (QED) is 0.274. The fourth-order valence-corrected chi connectivity index (χ4v) is 5.51. The third kappa shape index (κ3) is 6.90. The molecule has 1 unspecified atom stereocenters. The number of carbonyl (C=O) groups is 1. The number of ether oxygens (including phenoxy) is 3. The number of halogens is 3. The summed E-state index contributed by atoms with van der Waals surface area (Å²) in [4.78, 5) is 11.4. The van der Waals surface area contributed by atoms with E-state index in [9.17, 15) is 23.1 Å². The van der Waals surface area contributed by atoms with Gasteiger partial charge in [0.05, 0.1) is 31.3 Å². The lowest BCUT2D eigenvalue weighted by Gasteiger charge is -2.30. The highest BCUT2D eigenvalue weighted by Crippen LogP contribution is 2.45. The largest absolute Gasteiger partial charge is 0.497 e. The molecule has 0 bridgehead atoms. The molecule has 1 N–H and O–H groups in total. The first-order valence-electron chi connectivity index (χ1n) is 13.7. The standard InChI is InChI=1S/C32H33F3O5/c1-38-26-15-16-28(20-7-9-23(10-8-20)32(33,34)35)30(18-26)40-25-13-11-24(12-14-25)39-27-4-2-3-22(17-27)29(19-31(36)37)21-5-6-21/h2-4,7-10,15-18,21,24-25,29H,5-6,11-14,19H2,1H3,(H,36,37)/t24-,25-,29?. The number of alkyl halides is 3. The molecule has 0 spiro atoms. The molecule has 3 aromatic carbocycles. The summed E-state index contributed by atoms with van der Waals surface area (Å²) >= 11 is 0. The minimum Gasteiger partial charge on any atom is -0.497 e. The number of aliphatic carboxylic acids is 1. The van der Waals surface area contributed by atoms with Crippen molar-refractivity contribution in [3.05, 3.63) is 77.9 Å². The van der Waals surface area contributed by atoms with Crippen LogP contribution in [0.25, 0.3) is 11.1 Å². The Balaban J connectivity index is 1.23. The number of benzene rings is 3. The molecule has 0 radical (unpaired) electrons. The Morgan fingerprint density at radius 2 is 1.55 bits per heavy atom. The zero-order valence-corrected chi connectivity index (χ0v) is 22.3. The van der Waals surface area contributed by atoms with Gasteiger partial charge in [0.1, 0.15) is 17.2 Å². The first-order chi connectivity index (χ1) is 19.2. The first-order valence-corrected chi connectivity index (χ1v) is 13.7. The molecule has 2 fully saturated rings. The van der Waals surface area contributed by atoms with Crippen molar-refractivity contribution >= 4 is 5.97 Å². The average Bonchev–Trinajstić information content (AvgIpc) is 3.78. The summed E-state index contributed by atoms with van der Waals surface area (Å²) in [6.45, 7) is 0. The number of hydrogen-bond acceptors (Lipinski definition) is 4. The van der Waals surface area contributed by atoms with Gasteiger partial charge in [-0.05, 0) is 97.9 Å². The van der Waals surface area contributed by atoms with Crippen LogP contribution in [-0.2, 0) is 11.0 Å². The van der Waals surface area contributed by atoms with E-state index >= 15 is 0 Å². The molecule has 0 aliphatic heterocycles. The van der Waals surface area contributed by atoms with Crippen molar-refractivity contribution in [2.45, 2.75) is 69.2 Å². The van der Waals surface area contributed by atoms with Crippen LogP contribution < -0.4 is 14.2 Å². The van der Waals surface area contributed by atoms with Gasteiger partial charge in [0.25, 0.3) is 0 Å². The summed E-state index contributed by atoms with van der Waals surface area (Å²) in [5, 5.41) is 9.34. The molecule has 40 heavy (non-hydrogen) atoms. The van der Waals surface area contributed by atoms with E-state index in [4.69, 9.17) is 14.2 Å². The van der Waals surface area contributed by atoms with Gasteiger partial charge in [0.15, 0.2) is 0 Å². The van der Waals surface area contributed by atoms with Crippen molar-refractivity contribution in [1.82, 2.24) is 0 Å². The highest BCUT2D eigenvalue weighted by atomic mass is 19.4. The predicted octanol–water partition coefficient (Wildman–Crippen LogP) is 8.12. The van der Waals surface area contributed by atoms with Crippen LogP contribution >= 0.6 is 0 Å². The summed E-state index contributed by atoms with van der Waals surface area (Å²) < 4.78 is 57.2. The van der Waals surface area contributed by atoms with Crippen molar-refractivity contribution < 1.29 is 37.3 Å². The molecule has 0 aromatic heterocycles. The van der Waals surface area contributed by atoms with Crippen LogP contribution in [0.5, 0.6) is 17.2 Å². The predicted molar refractivity (Wildman–Crippen MR) is 145 cm³/mol. The highest BCUT2D eigenvalue weighted by molar-refractivity contribution is 5.72. The average molecular weight is 555 g/mol. The maximum atomic E-state index is 13.0. The van der Waals surface area contributed by atoms with Crippen molar-refractivity contribution in [2.24, 2.45) is 5.92 Å². The van der Waals surface area contributed by atoms with Gasteiger partial charge in [-0.15, -0.1) is 0 Å². The summed E-state index contributed by atoms with van der Waals surface area (Å²) in [6, 6.07) is 18.2. The number of methoxy groups -OCH3 is 1.